The van der Waals surface area contributed by atoms with E-state index in [1.54, 1.807) is 0 Å². The van der Waals surface area contributed by atoms with Crippen molar-refractivity contribution in [3.63, 3.8) is 0 Å². The Morgan fingerprint density at radius 2 is 1.02 bits per heavy atom. The molecule has 22 heteroatoms. The normalized spacial score (nSPS) is 50.9. The van der Waals surface area contributed by atoms with Gasteiger partial charge in [-0.2, -0.15) is 0 Å². The standard InChI is InChI=1S/C39H64O22/c1-14-6-17(55-36-32(53)28(49)34(22(12-43)59-36)61-38-30(51)26(47)24(45)20(10-41)57-38)8-39(3)5-4-16(7-18(14)39)15(2)13-54-35-31(52)27(48)33(21(11-42)58-35)60-37-29(50)25(46)23(44)19(9-40)56-37/h16-38,40-53H,1-2,4-13H2,3H3. The maximum absolute atomic E-state index is 11.1. The van der Waals surface area contributed by atoms with E-state index in [2.05, 4.69) is 20.1 Å². The monoisotopic (exact) mass is 884 g/mol. The van der Waals surface area contributed by atoms with Gasteiger partial charge in [0.15, 0.2) is 25.2 Å². The molecule has 0 aromatic carbocycles. The minimum atomic E-state index is -1.80. The summed E-state index contributed by atoms with van der Waals surface area (Å²) in [5.74, 6) is -0.0250. The lowest BCUT2D eigenvalue weighted by molar-refractivity contribution is -0.363. The molecule has 24 unspecified atom stereocenters. The molecule has 6 fully saturated rings. The third kappa shape index (κ3) is 10.1. The molecule has 2 saturated carbocycles. The lowest BCUT2D eigenvalue weighted by Crippen LogP contribution is -2.65. The van der Waals surface area contributed by atoms with Gasteiger partial charge in [0.1, 0.15) is 97.7 Å². The molecule has 0 aromatic heterocycles. The van der Waals surface area contributed by atoms with Crippen LogP contribution in [0, 0.1) is 17.3 Å². The summed E-state index contributed by atoms with van der Waals surface area (Å²) in [4.78, 5) is 0. The first-order chi connectivity index (χ1) is 28.9. The fourth-order valence-corrected chi connectivity index (χ4v) is 9.62. The van der Waals surface area contributed by atoms with Gasteiger partial charge in [0.25, 0.3) is 0 Å². The highest BCUT2D eigenvalue weighted by Gasteiger charge is 2.54. The van der Waals surface area contributed by atoms with Crippen molar-refractivity contribution in [1.29, 1.82) is 0 Å². The number of aliphatic hydroxyl groups excluding tert-OH is 14. The van der Waals surface area contributed by atoms with Crippen LogP contribution < -0.4 is 0 Å². The van der Waals surface area contributed by atoms with Crippen LogP contribution >= 0.6 is 0 Å². The molecule has 14 N–H and O–H groups in total. The molecule has 0 aromatic rings. The van der Waals surface area contributed by atoms with Crippen molar-refractivity contribution < 1.29 is 109 Å². The summed E-state index contributed by atoms with van der Waals surface area (Å²) >= 11 is 0. The predicted octanol–water partition coefficient (Wildman–Crippen LogP) is -6.03. The van der Waals surface area contributed by atoms with Crippen LogP contribution in [-0.2, 0) is 37.9 Å². The number of ether oxygens (including phenoxy) is 8. The van der Waals surface area contributed by atoms with Crippen molar-refractivity contribution in [1.82, 2.24) is 0 Å². The van der Waals surface area contributed by atoms with Gasteiger partial charge in [-0.25, -0.2) is 0 Å². The van der Waals surface area contributed by atoms with Gasteiger partial charge < -0.3 is 109 Å². The fraction of sp³-hybridized carbons (Fsp3) is 0.897. The van der Waals surface area contributed by atoms with Crippen molar-refractivity contribution in [3.05, 3.63) is 24.3 Å². The molecular formula is C39H64O22. The maximum Gasteiger partial charge on any atom is 0.187 e. The highest BCUT2D eigenvalue weighted by molar-refractivity contribution is 5.18. The number of rotatable bonds is 14. The van der Waals surface area contributed by atoms with Crippen molar-refractivity contribution in [2.75, 3.05) is 33.0 Å². The number of hydrogen-bond acceptors (Lipinski definition) is 22. The minimum absolute atomic E-state index is 0.0181. The van der Waals surface area contributed by atoms with Crippen LogP contribution in [-0.4, -0.2) is 233 Å². The van der Waals surface area contributed by atoms with Crippen molar-refractivity contribution in [3.8, 4) is 0 Å². The first-order valence-electron chi connectivity index (χ1n) is 20.7. The molecule has 4 heterocycles. The highest BCUT2D eigenvalue weighted by Crippen LogP contribution is 2.55. The molecule has 6 rings (SSSR count). The Bertz CT molecular complexity index is 1450. The average molecular weight is 885 g/mol. The Morgan fingerprint density at radius 1 is 0.590 bits per heavy atom. The number of aliphatic hydroxyl groups is 14. The highest BCUT2D eigenvalue weighted by atomic mass is 16.8. The van der Waals surface area contributed by atoms with Gasteiger partial charge in [-0.3, -0.25) is 0 Å². The largest absolute Gasteiger partial charge is 0.394 e. The topological polar surface area (TPSA) is 357 Å². The molecular weight excluding hydrogens is 820 g/mol. The zero-order valence-corrected chi connectivity index (χ0v) is 33.8. The van der Waals surface area contributed by atoms with Gasteiger partial charge in [0, 0.05) is 0 Å². The molecule has 0 spiro atoms. The summed E-state index contributed by atoms with van der Waals surface area (Å²) in [5.41, 5.74) is 1.25. The van der Waals surface area contributed by atoms with E-state index in [1.165, 1.54) is 0 Å². The van der Waals surface area contributed by atoms with E-state index in [-0.39, 0.29) is 23.9 Å². The molecule has 4 saturated heterocycles. The van der Waals surface area contributed by atoms with Gasteiger partial charge in [-0.15, -0.1) is 0 Å². The molecule has 22 nitrogen and oxygen atoms in total. The van der Waals surface area contributed by atoms with Crippen LogP contribution in [0.25, 0.3) is 0 Å². The van der Waals surface area contributed by atoms with Gasteiger partial charge in [0.05, 0.1) is 39.1 Å². The molecule has 24 atom stereocenters. The van der Waals surface area contributed by atoms with Crippen molar-refractivity contribution in [2.24, 2.45) is 17.3 Å². The quantitative estimate of drug-likeness (QED) is 0.0570. The SMILES string of the molecule is C=C(COC1OC(CO)C(OC2OC(CO)C(O)C(O)C2O)C(O)C1O)C1CCC2(C)CC(OC3OC(CO)C(OC4OC(CO)C(O)C(O)C4O)C(O)C3O)CC(=C)C2C1. The predicted molar refractivity (Wildman–Crippen MR) is 200 cm³/mol. The zero-order valence-electron chi connectivity index (χ0n) is 33.8. The van der Waals surface area contributed by atoms with Crippen LogP contribution in [0.1, 0.15) is 39.0 Å². The average Bonchev–Trinajstić information content (AvgIpc) is 3.24. The summed E-state index contributed by atoms with van der Waals surface area (Å²) in [5, 5.41) is 145. The smallest absolute Gasteiger partial charge is 0.187 e. The van der Waals surface area contributed by atoms with E-state index in [0.717, 1.165) is 5.57 Å². The van der Waals surface area contributed by atoms with E-state index in [9.17, 15) is 71.5 Å². The molecule has 2 aliphatic carbocycles. The molecule has 4 aliphatic heterocycles. The van der Waals surface area contributed by atoms with E-state index >= 15 is 0 Å². The Balaban J connectivity index is 0.998. The van der Waals surface area contributed by atoms with E-state index in [4.69, 9.17) is 37.9 Å². The van der Waals surface area contributed by atoms with E-state index < -0.39 is 155 Å². The molecule has 61 heavy (non-hydrogen) atoms. The Hall–Kier alpha value is -1.40. The van der Waals surface area contributed by atoms with Crippen LogP contribution in [0.4, 0.5) is 0 Å². The van der Waals surface area contributed by atoms with Gasteiger partial charge >= 0.3 is 0 Å². The van der Waals surface area contributed by atoms with Crippen LogP contribution in [0.15, 0.2) is 24.3 Å². The second-order valence-electron chi connectivity index (χ2n) is 17.5. The Kier molecular flexibility index (Phi) is 16.4. The van der Waals surface area contributed by atoms with Gasteiger partial charge in [-0.05, 0) is 54.9 Å². The van der Waals surface area contributed by atoms with Crippen molar-refractivity contribution in [2.45, 2.75) is 168 Å². The molecule has 0 radical (unpaired) electrons. The summed E-state index contributed by atoms with van der Waals surface area (Å²) < 4.78 is 45.7. The molecule has 0 amide bonds. The number of hydrogen-bond donors (Lipinski definition) is 14. The lowest BCUT2D eigenvalue weighted by atomic mass is 9.55. The molecule has 6 aliphatic rings. The van der Waals surface area contributed by atoms with Crippen LogP contribution in [0.3, 0.4) is 0 Å². The second-order valence-corrected chi connectivity index (χ2v) is 17.5. The zero-order chi connectivity index (χ0) is 44.7. The first-order valence-corrected chi connectivity index (χ1v) is 20.7. The van der Waals surface area contributed by atoms with Gasteiger partial charge in [0.2, 0.25) is 0 Å². The summed E-state index contributed by atoms with van der Waals surface area (Å²) in [6, 6.07) is 0. The van der Waals surface area contributed by atoms with E-state index in [1.807, 2.05) is 0 Å². The first kappa shape index (κ1) is 49.0. The minimum Gasteiger partial charge on any atom is -0.394 e. The van der Waals surface area contributed by atoms with Crippen molar-refractivity contribution >= 4 is 0 Å². The third-order valence-electron chi connectivity index (χ3n) is 13.4. The van der Waals surface area contributed by atoms with E-state index in [0.29, 0.717) is 37.7 Å². The molecule has 0 bridgehead atoms. The second kappa shape index (κ2) is 20.4. The van der Waals surface area contributed by atoms with Gasteiger partial charge in [-0.1, -0.05) is 25.7 Å². The summed E-state index contributed by atoms with van der Waals surface area (Å²) in [6.07, 6.45) is -29.0. The van der Waals surface area contributed by atoms with Crippen LogP contribution in [0.2, 0.25) is 0 Å². The third-order valence-corrected chi connectivity index (χ3v) is 13.4. The van der Waals surface area contributed by atoms with Crippen LogP contribution in [0.5, 0.6) is 0 Å². The number of fused-ring (bicyclic) bond motifs is 1. The fourth-order valence-electron chi connectivity index (χ4n) is 9.62. The lowest BCUT2D eigenvalue weighted by Gasteiger charge is -2.52. The summed E-state index contributed by atoms with van der Waals surface area (Å²) in [6.45, 7) is 7.76. The molecule has 352 valence electrons. The Labute approximate surface area is 351 Å². The summed E-state index contributed by atoms with van der Waals surface area (Å²) in [7, 11) is 0. The maximum atomic E-state index is 11.1. The Morgan fingerprint density at radius 3 is 1.51 bits per heavy atom.